The zero-order valence-electron chi connectivity index (χ0n) is 13.4. The molecule has 1 unspecified atom stereocenters. The molecule has 0 aliphatic carbocycles. The van der Waals surface area contributed by atoms with Gasteiger partial charge in [0.1, 0.15) is 5.75 Å². The van der Waals surface area contributed by atoms with E-state index in [4.69, 9.17) is 9.47 Å². The number of carboxylic acid groups (broad SMARTS) is 1. The van der Waals surface area contributed by atoms with E-state index in [0.29, 0.717) is 18.8 Å². The van der Waals surface area contributed by atoms with Crippen LogP contribution in [0.1, 0.15) is 19.4 Å². The highest BCUT2D eigenvalue weighted by Gasteiger charge is 2.58. The molecule has 1 fully saturated rings. The van der Waals surface area contributed by atoms with Crippen molar-refractivity contribution in [1.82, 2.24) is 4.90 Å². The van der Waals surface area contributed by atoms with Crippen molar-refractivity contribution in [3.05, 3.63) is 29.8 Å². The van der Waals surface area contributed by atoms with Gasteiger partial charge in [-0.1, -0.05) is 12.1 Å². The molecule has 23 heavy (non-hydrogen) atoms. The standard InChI is InChI=1S/C16H21NO6/c1-15(21,14(19)20)16(2)13(18)17(8-9-23-16)10-11-4-6-12(22-3)7-5-11/h4-7,21H,8-10H2,1-3H3,(H,19,20)/t15?,16-/m0/s1. The highest BCUT2D eigenvalue weighted by atomic mass is 16.5. The summed E-state index contributed by atoms with van der Waals surface area (Å²) in [5.74, 6) is -1.34. The number of hydrogen-bond donors (Lipinski definition) is 2. The molecule has 0 aromatic heterocycles. The molecule has 7 nitrogen and oxygen atoms in total. The van der Waals surface area contributed by atoms with Crippen LogP contribution in [0.15, 0.2) is 24.3 Å². The van der Waals surface area contributed by atoms with Gasteiger partial charge < -0.3 is 24.6 Å². The van der Waals surface area contributed by atoms with Gasteiger partial charge in [0.25, 0.3) is 5.91 Å². The number of methoxy groups -OCH3 is 1. The number of aliphatic hydroxyl groups is 1. The molecule has 1 aliphatic rings. The van der Waals surface area contributed by atoms with Gasteiger partial charge in [-0.05, 0) is 31.5 Å². The second kappa shape index (κ2) is 6.17. The molecule has 1 aromatic carbocycles. The predicted molar refractivity (Wildman–Crippen MR) is 81.0 cm³/mol. The summed E-state index contributed by atoms with van der Waals surface area (Å²) >= 11 is 0. The summed E-state index contributed by atoms with van der Waals surface area (Å²) in [7, 11) is 1.57. The molecule has 126 valence electrons. The molecular formula is C16H21NO6. The summed E-state index contributed by atoms with van der Waals surface area (Å²) < 4.78 is 10.5. The second-order valence-electron chi connectivity index (χ2n) is 5.83. The van der Waals surface area contributed by atoms with Crippen molar-refractivity contribution in [2.24, 2.45) is 0 Å². The lowest BCUT2D eigenvalue weighted by molar-refractivity contribution is -0.217. The predicted octanol–water partition coefficient (Wildman–Crippen LogP) is 0.648. The van der Waals surface area contributed by atoms with Crippen molar-refractivity contribution in [2.75, 3.05) is 20.3 Å². The van der Waals surface area contributed by atoms with Gasteiger partial charge in [-0.2, -0.15) is 0 Å². The van der Waals surface area contributed by atoms with Crippen LogP contribution in [0.3, 0.4) is 0 Å². The number of rotatable bonds is 5. The maximum atomic E-state index is 12.7. The Labute approximate surface area is 134 Å². The Kier molecular flexibility index (Phi) is 4.63. The number of hydrogen-bond acceptors (Lipinski definition) is 5. The largest absolute Gasteiger partial charge is 0.497 e. The Morgan fingerprint density at radius 2 is 2.04 bits per heavy atom. The maximum absolute atomic E-state index is 12.7. The lowest BCUT2D eigenvalue weighted by atomic mass is 9.83. The van der Waals surface area contributed by atoms with Crippen LogP contribution in [-0.2, 0) is 20.9 Å². The molecule has 1 amide bonds. The van der Waals surface area contributed by atoms with Crippen LogP contribution >= 0.6 is 0 Å². The van der Waals surface area contributed by atoms with Gasteiger partial charge >= 0.3 is 5.97 Å². The minimum absolute atomic E-state index is 0.155. The van der Waals surface area contributed by atoms with Gasteiger partial charge in [0.05, 0.1) is 13.7 Å². The minimum Gasteiger partial charge on any atom is -0.497 e. The van der Waals surface area contributed by atoms with Crippen LogP contribution in [0.25, 0.3) is 0 Å². The lowest BCUT2D eigenvalue weighted by Gasteiger charge is -2.44. The summed E-state index contributed by atoms with van der Waals surface area (Å²) in [4.78, 5) is 25.5. The van der Waals surface area contributed by atoms with Gasteiger partial charge in [0.2, 0.25) is 0 Å². The molecule has 0 radical (unpaired) electrons. The summed E-state index contributed by atoms with van der Waals surface area (Å²) in [5.41, 5.74) is -3.27. The molecular weight excluding hydrogens is 302 g/mol. The maximum Gasteiger partial charge on any atom is 0.339 e. The number of nitrogens with zero attached hydrogens (tertiary/aromatic N) is 1. The van der Waals surface area contributed by atoms with Crippen molar-refractivity contribution in [1.29, 1.82) is 0 Å². The van der Waals surface area contributed by atoms with E-state index >= 15 is 0 Å². The van der Waals surface area contributed by atoms with Crippen molar-refractivity contribution < 1.29 is 29.3 Å². The molecule has 0 saturated carbocycles. The molecule has 2 atom stereocenters. The number of benzene rings is 1. The first-order valence-electron chi connectivity index (χ1n) is 7.24. The third kappa shape index (κ3) is 3.02. The van der Waals surface area contributed by atoms with Gasteiger partial charge in [-0.15, -0.1) is 0 Å². The topological polar surface area (TPSA) is 96.3 Å². The van der Waals surface area contributed by atoms with Crippen molar-refractivity contribution >= 4 is 11.9 Å². The van der Waals surface area contributed by atoms with E-state index in [9.17, 15) is 19.8 Å². The summed E-state index contributed by atoms with van der Waals surface area (Å²) in [6.45, 7) is 3.17. The molecule has 2 rings (SSSR count). The number of morpholine rings is 1. The van der Waals surface area contributed by atoms with Gasteiger partial charge in [0, 0.05) is 13.1 Å². The Morgan fingerprint density at radius 3 is 2.57 bits per heavy atom. The monoisotopic (exact) mass is 323 g/mol. The number of carbonyl (C=O) groups is 2. The average molecular weight is 323 g/mol. The Bertz CT molecular complexity index is 597. The zero-order chi connectivity index (χ0) is 17.3. The fourth-order valence-electron chi connectivity index (χ4n) is 2.48. The fraction of sp³-hybridized carbons (Fsp3) is 0.500. The molecule has 0 spiro atoms. The van der Waals surface area contributed by atoms with E-state index in [-0.39, 0.29) is 6.61 Å². The summed E-state index contributed by atoms with van der Waals surface area (Å²) in [5, 5.41) is 19.4. The first-order valence-corrected chi connectivity index (χ1v) is 7.24. The van der Waals surface area contributed by atoms with E-state index in [0.717, 1.165) is 12.5 Å². The highest BCUT2D eigenvalue weighted by Crippen LogP contribution is 2.32. The van der Waals surface area contributed by atoms with Gasteiger partial charge in [0.15, 0.2) is 11.2 Å². The quantitative estimate of drug-likeness (QED) is 0.826. The third-order valence-corrected chi connectivity index (χ3v) is 4.33. The fourth-order valence-corrected chi connectivity index (χ4v) is 2.48. The van der Waals surface area contributed by atoms with Crippen LogP contribution in [0, 0.1) is 0 Å². The van der Waals surface area contributed by atoms with E-state index in [2.05, 4.69) is 0 Å². The van der Waals surface area contributed by atoms with E-state index < -0.39 is 23.1 Å². The van der Waals surface area contributed by atoms with Crippen LogP contribution < -0.4 is 4.74 Å². The number of aliphatic carboxylic acids is 1. The van der Waals surface area contributed by atoms with Crippen molar-refractivity contribution in [2.45, 2.75) is 31.6 Å². The number of amides is 1. The molecule has 2 N–H and O–H groups in total. The third-order valence-electron chi connectivity index (χ3n) is 4.33. The normalized spacial score (nSPS) is 24.2. The highest BCUT2D eigenvalue weighted by molar-refractivity contribution is 5.94. The first-order chi connectivity index (χ1) is 10.7. The van der Waals surface area contributed by atoms with Crippen LogP contribution in [0.5, 0.6) is 5.75 Å². The smallest absolute Gasteiger partial charge is 0.339 e. The van der Waals surface area contributed by atoms with Crippen LogP contribution in [0.2, 0.25) is 0 Å². The first kappa shape index (κ1) is 17.2. The minimum atomic E-state index is -2.32. The summed E-state index contributed by atoms with van der Waals surface area (Å²) in [6.07, 6.45) is 0. The van der Waals surface area contributed by atoms with Crippen LogP contribution in [-0.4, -0.2) is 58.5 Å². The van der Waals surface area contributed by atoms with E-state index in [1.807, 2.05) is 12.1 Å². The molecule has 7 heteroatoms. The number of carbonyl (C=O) groups excluding carboxylic acids is 1. The van der Waals surface area contributed by atoms with Crippen molar-refractivity contribution in [3.63, 3.8) is 0 Å². The lowest BCUT2D eigenvalue weighted by Crippen LogP contribution is -2.68. The molecule has 1 heterocycles. The molecule has 0 bridgehead atoms. The molecule has 1 aliphatic heterocycles. The van der Waals surface area contributed by atoms with Crippen molar-refractivity contribution in [3.8, 4) is 5.75 Å². The Hall–Kier alpha value is -2.12. The zero-order valence-corrected chi connectivity index (χ0v) is 13.4. The second-order valence-corrected chi connectivity index (χ2v) is 5.83. The SMILES string of the molecule is COc1ccc(CN2CCO[C@](C)(C(C)(O)C(=O)O)C2=O)cc1. The number of carboxylic acids is 1. The van der Waals surface area contributed by atoms with Crippen LogP contribution in [0.4, 0.5) is 0 Å². The van der Waals surface area contributed by atoms with Gasteiger partial charge in [-0.3, -0.25) is 4.79 Å². The average Bonchev–Trinajstić information content (AvgIpc) is 2.52. The molecule has 1 saturated heterocycles. The Balaban J connectivity index is 2.20. The van der Waals surface area contributed by atoms with E-state index in [1.165, 1.54) is 11.8 Å². The Morgan fingerprint density at radius 1 is 1.43 bits per heavy atom. The number of ether oxygens (including phenoxy) is 2. The summed E-state index contributed by atoms with van der Waals surface area (Å²) in [6, 6.07) is 7.22. The van der Waals surface area contributed by atoms with Gasteiger partial charge in [-0.25, -0.2) is 4.79 Å². The molecule has 1 aromatic rings. The van der Waals surface area contributed by atoms with E-state index in [1.54, 1.807) is 19.2 Å².